The predicted octanol–water partition coefficient (Wildman–Crippen LogP) is 0.793. The van der Waals surface area contributed by atoms with Gasteiger partial charge in [0.1, 0.15) is 0 Å². The summed E-state index contributed by atoms with van der Waals surface area (Å²) in [4.78, 5) is 15.5. The minimum absolute atomic E-state index is 0.0804. The topological polar surface area (TPSA) is 70.6 Å². The zero-order chi connectivity index (χ0) is 9.52. The van der Waals surface area contributed by atoms with Crippen LogP contribution in [0.4, 0.5) is 10.5 Å². The lowest BCUT2D eigenvalue weighted by atomic mass is 10.5. The summed E-state index contributed by atoms with van der Waals surface area (Å²) in [6, 6.07) is 1.32. The molecule has 1 aromatic heterocycles. The Bertz CT molecular complexity index is 250. The second-order valence-electron chi connectivity index (χ2n) is 2.14. The summed E-state index contributed by atoms with van der Waals surface area (Å²) in [7, 11) is 0. The van der Waals surface area contributed by atoms with Gasteiger partial charge in [-0.25, -0.2) is 10.3 Å². The summed E-state index contributed by atoms with van der Waals surface area (Å²) < 4.78 is 0. The van der Waals surface area contributed by atoms with Gasteiger partial charge < -0.3 is 10.4 Å². The molecule has 1 aromatic rings. The molecule has 0 aliphatic heterocycles. The molecule has 1 rings (SSSR count). The van der Waals surface area contributed by atoms with E-state index in [4.69, 9.17) is 5.11 Å². The molecule has 2 amide bonds. The zero-order valence-electron chi connectivity index (χ0n) is 6.82. The van der Waals surface area contributed by atoms with Crippen LogP contribution in [0.1, 0.15) is 0 Å². The third-order valence-corrected chi connectivity index (χ3v) is 1.82. The number of rotatable bonds is 4. The van der Waals surface area contributed by atoms with Crippen LogP contribution in [0.25, 0.3) is 0 Å². The fourth-order valence-electron chi connectivity index (χ4n) is 0.654. The Hall–Kier alpha value is -1.11. The number of aliphatic hydroxyl groups is 1. The first kappa shape index (κ1) is 9.97. The van der Waals surface area contributed by atoms with Crippen LogP contribution in [0.2, 0.25) is 0 Å². The zero-order valence-corrected chi connectivity index (χ0v) is 7.63. The predicted molar refractivity (Wildman–Crippen MR) is 49.5 cm³/mol. The summed E-state index contributed by atoms with van der Waals surface area (Å²) in [5, 5.41) is 14.5. The van der Waals surface area contributed by atoms with Crippen molar-refractivity contribution in [2.24, 2.45) is 0 Å². The molecule has 0 saturated heterocycles. The van der Waals surface area contributed by atoms with Gasteiger partial charge in [-0.3, -0.25) is 4.84 Å². The van der Waals surface area contributed by atoms with Crippen LogP contribution in [-0.2, 0) is 4.84 Å². The Labute approximate surface area is 79.3 Å². The number of amides is 2. The van der Waals surface area contributed by atoms with E-state index < -0.39 is 6.03 Å². The summed E-state index contributed by atoms with van der Waals surface area (Å²) in [6.07, 6.45) is 0. The molecule has 13 heavy (non-hydrogen) atoms. The van der Waals surface area contributed by atoms with Crippen LogP contribution in [-0.4, -0.2) is 24.4 Å². The van der Waals surface area contributed by atoms with Crippen molar-refractivity contribution in [2.45, 2.75) is 0 Å². The Balaban J connectivity index is 2.18. The number of hydrogen-bond acceptors (Lipinski definition) is 4. The van der Waals surface area contributed by atoms with Crippen molar-refractivity contribution in [3.05, 3.63) is 16.8 Å². The number of hydroxylamine groups is 1. The number of aliphatic hydroxyl groups excluding tert-OH is 1. The summed E-state index contributed by atoms with van der Waals surface area (Å²) >= 11 is 1.49. The van der Waals surface area contributed by atoms with E-state index in [0.29, 0.717) is 0 Å². The average Bonchev–Trinajstić information content (AvgIpc) is 2.57. The first-order chi connectivity index (χ1) is 6.33. The van der Waals surface area contributed by atoms with Crippen molar-refractivity contribution < 1.29 is 14.7 Å². The Kier molecular flexibility index (Phi) is 4.24. The van der Waals surface area contributed by atoms with Crippen molar-refractivity contribution in [2.75, 3.05) is 18.5 Å². The van der Waals surface area contributed by atoms with Gasteiger partial charge in [-0.15, -0.1) is 0 Å². The molecule has 0 aliphatic carbocycles. The van der Waals surface area contributed by atoms with Crippen LogP contribution >= 0.6 is 11.3 Å². The van der Waals surface area contributed by atoms with E-state index in [1.165, 1.54) is 11.3 Å². The quantitative estimate of drug-likeness (QED) is 0.499. The van der Waals surface area contributed by atoms with E-state index in [1.807, 2.05) is 5.38 Å². The lowest BCUT2D eigenvalue weighted by Gasteiger charge is -2.04. The highest BCUT2D eigenvalue weighted by molar-refractivity contribution is 7.08. The average molecular weight is 202 g/mol. The molecule has 5 nitrogen and oxygen atoms in total. The minimum Gasteiger partial charge on any atom is -0.394 e. The van der Waals surface area contributed by atoms with Gasteiger partial charge in [-0.1, -0.05) is 0 Å². The van der Waals surface area contributed by atoms with Gasteiger partial charge >= 0.3 is 6.03 Å². The maximum Gasteiger partial charge on any atom is 0.343 e. The molecule has 1 heterocycles. The maximum absolute atomic E-state index is 11.0. The van der Waals surface area contributed by atoms with E-state index in [2.05, 4.69) is 15.6 Å². The molecule has 0 spiro atoms. The molecule has 72 valence electrons. The molecule has 0 atom stereocenters. The first-order valence-electron chi connectivity index (χ1n) is 3.65. The van der Waals surface area contributed by atoms with Crippen LogP contribution in [0.5, 0.6) is 0 Å². The Morgan fingerprint density at radius 1 is 1.69 bits per heavy atom. The molecule has 0 unspecified atom stereocenters. The van der Waals surface area contributed by atoms with Crippen LogP contribution in [0.3, 0.4) is 0 Å². The summed E-state index contributed by atoms with van der Waals surface area (Å²) in [5.74, 6) is 0. The van der Waals surface area contributed by atoms with Gasteiger partial charge in [0.25, 0.3) is 0 Å². The first-order valence-corrected chi connectivity index (χ1v) is 4.59. The van der Waals surface area contributed by atoms with Crippen LogP contribution in [0, 0.1) is 0 Å². The number of anilines is 1. The lowest BCUT2D eigenvalue weighted by Crippen LogP contribution is -2.29. The molecule has 3 N–H and O–H groups in total. The van der Waals surface area contributed by atoms with Gasteiger partial charge in [0.2, 0.25) is 0 Å². The molecule has 0 bridgehead atoms. The van der Waals surface area contributed by atoms with E-state index in [9.17, 15) is 4.79 Å². The maximum atomic E-state index is 11.0. The molecule has 6 heteroatoms. The fourth-order valence-corrected chi connectivity index (χ4v) is 1.24. The minimum atomic E-state index is -0.452. The molecule has 0 saturated carbocycles. The molecule has 0 aliphatic rings. The molecule has 0 fully saturated rings. The van der Waals surface area contributed by atoms with Gasteiger partial charge in [0.15, 0.2) is 0 Å². The monoisotopic (exact) mass is 202 g/mol. The molecule has 0 radical (unpaired) electrons. The summed E-state index contributed by atoms with van der Waals surface area (Å²) in [5.41, 5.74) is 2.83. The van der Waals surface area contributed by atoms with Crippen molar-refractivity contribution in [3.63, 3.8) is 0 Å². The highest BCUT2D eigenvalue weighted by Crippen LogP contribution is 2.10. The van der Waals surface area contributed by atoms with E-state index in [0.717, 1.165) is 5.69 Å². The van der Waals surface area contributed by atoms with E-state index >= 15 is 0 Å². The highest BCUT2D eigenvalue weighted by atomic mass is 32.1. The third kappa shape index (κ3) is 3.88. The molecule has 0 aromatic carbocycles. The lowest BCUT2D eigenvalue weighted by molar-refractivity contribution is 0.0400. The van der Waals surface area contributed by atoms with Crippen molar-refractivity contribution >= 4 is 23.1 Å². The van der Waals surface area contributed by atoms with E-state index in [-0.39, 0.29) is 13.2 Å². The van der Waals surface area contributed by atoms with Gasteiger partial charge in [-0.05, 0) is 11.4 Å². The summed E-state index contributed by atoms with van der Waals surface area (Å²) in [6.45, 7) is -0.0458. The van der Waals surface area contributed by atoms with Crippen molar-refractivity contribution in [1.82, 2.24) is 5.48 Å². The van der Waals surface area contributed by atoms with E-state index in [1.54, 1.807) is 11.4 Å². The third-order valence-electron chi connectivity index (χ3n) is 1.14. The number of carbonyl (C=O) groups excluding carboxylic acids is 1. The Morgan fingerprint density at radius 2 is 2.54 bits per heavy atom. The number of hydrogen-bond donors (Lipinski definition) is 3. The normalized spacial score (nSPS) is 9.62. The number of carbonyl (C=O) groups is 1. The van der Waals surface area contributed by atoms with Crippen molar-refractivity contribution in [3.8, 4) is 0 Å². The smallest absolute Gasteiger partial charge is 0.343 e. The van der Waals surface area contributed by atoms with Gasteiger partial charge in [-0.2, -0.15) is 11.3 Å². The SMILES string of the molecule is O=C(NOCCO)Nc1ccsc1. The second-order valence-corrected chi connectivity index (χ2v) is 2.92. The molecular formula is C7H10N2O3S. The number of thiophene rings is 1. The second kappa shape index (κ2) is 5.52. The fraction of sp³-hybridized carbons (Fsp3) is 0.286. The van der Waals surface area contributed by atoms with Crippen LogP contribution < -0.4 is 10.8 Å². The number of urea groups is 1. The van der Waals surface area contributed by atoms with Crippen LogP contribution in [0.15, 0.2) is 16.8 Å². The van der Waals surface area contributed by atoms with Gasteiger partial charge in [0, 0.05) is 5.38 Å². The molecular weight excluding hydrogens is 192 g/mol. The van der Waals surface area contributed by atoms with Gasteiger partial charge in [0.05, 0.1) is 18.9 Å². The number of nitrogens with one attached hydrogen (secondary N) is 2. The highest BCUT2D eigenvalue weighted by Gasteiger charge is 2.00. The standard InChI is InChI=1S/C7H10N2O3S/c10-2-3-12-9-7(11)8-6-1-4-13-5-6/h1,4-5,10H,2-3H2,(H2,8,9,11). The van der Waals surface area contributed by atoms with Crippen molar-refractivity contribution in [1.29, 1.82) is 0 Å². The Morgan fingerprint density at radius 3 is 3.15 bits per heavy atom. The largest absolute Gasteiger partial charge is 0.394 e.